The number of alkyl halides is 2. The Balaban J connectivity index is 1.90. The van der Waals surface area contributed by atoms with Crippen LogP contribution in [-0.2, 0) is 0 Å². The largest absolute Gasteiger partial charge is 0.314 e. The molecule has 1 saturated carbocycles. The third-order valence-corrected chi connectivity index (χ3v) is 4.70. The summed E-state index contributed by atoms with van der Waals surface area (Å²) in [7, 11) is 0. The lowest BCUT2D eigenvalue weighted by molar-refractivity contribution is 0.00128. The van der Waals surface area contributed by atoms with Gasteiger partial charge in [0.15, 0.2) is 0 Å². The zero-order chi connectivity index (χ0) is 13.2. The van der Waals surface area contributed by atoms with Gasteiger partial charge < -0.3 is 5.32 Å². The van der Waals surface area contributed by atoms with E-state index in [1.54, 1.807) is 0 Å². The predicted octanol–water partition coefficient (Wildman–Crippen LogP) is 2.74. The van der Waals surface area contributed by atoms with E-state index in [-0.39, 0.29) is 18.8 Å². The van der Waals surface area contributed by atoms with Crippen LogP contribution in [0.5, 0.6) is 0 Å². The fraction of sp³-hybridized carbons (Fsp3) is 1.00. The summed E-state index contributed by atoms with van der Waals surface area (Å²) >= 11 is 0. The maximum Gasteiger partial charge on any atom is 0.248 e. The standard InChI is InChI=1S/C14H26F2N2/c1-3-11(2)13-9-17-6-7-18(13)10-12-4-5-14(15,16)8-12/h11-13,17H,3-10H2,1-2H3. The molecular weight excluding hydrogens is 234 g/mol. The molecule has 0 radical (unpaired) electrons. The van der Waals surface area contributed by atoms with Crippen molar-refractivity contribution in [1.29, 1.82) is 0 Å². The Hall–Kier alpha value is -0.220. The van der Waals surface area contributed by atoms with Gasteiger partial charge in [-0.2, -0.15) is 0 Å². The number of halogens is 2. The van der Waals surface area contributed by atoms with Crippen molar-refractivity contribution in [2.75, 3.05) is 26.2 Å². The van der Waals surface area contributed by atoms with Crippen LogP contribution in [0.2, 0.25) is 0 Å². The lowest BCUT2D eigenvalue weighted by atomic mass is 9.94. The molecule has 1 saturated heterocycles. The summed E-state index contributed by atoms with van der Waals surface area (Å²) in [6.07, 6.45) is 2.05. The number of rotatable bonds is 4. The van der Waals surface area contributed by atoms with Gasteiger partial charge in [0.05, 0.1) is 0 Å². The first kappa shape index (κ1) is 14.2. The van der Waals surface area contributed by atoms with E-state index in [0.29, 0.717) is 18.4 Å². The van der Waals surface area contributed by atoms with Gasteiger partial charge in [-0.3, -0.25) is 4.90 Å². The molecule has 1 aliphatic heterocycles. The van der Waals surface area contributed by atoms with Crippen molar-refractivity contribution >= 4 is 0 Å². The van der Waals surface area contributed by atoms with Crippen LogP contribution in [-0.4, -0.2) is 43.0 Å². The van der Waals surface area contributed by atoms with Gasteiger partial charge in [-0.1, -0.05) is 20.3 Å². The minimum absolute atomic E-state index is 0.0950. The van der Waals surface area contributed by atoms with Crippen molar-refractivity contribution in [1.82, 2.24) is 10.2 Å². The summed E-state index contributed by atoms with van der Waals surface area (Å²) in [6, 6.07) is 0.526. The van der Waals surface area contributed by atoms with Gasteiger partial charge in [0.2, 0.25) is 5.92 Å². The highest BCUT2D eigenvalue weighted by Gasteiger charge is 2.40. The Morgan fingerprint density at radius 1 is 1.44 bits per heavy atom. The molecule has 18 heavy (non-hydrogen) atoms. The Kier molecular flexibility index (Phi) is 4.59. The van der Waals surface area contributed by atoms with Gasteiger partial charge in [0, 0.05) is 45.1 Å². The Bertz CT molecular complexity index is 271. The first-order chi connectivity index (χ1) is 8.52. The van der Waals surface area contributed by atoms with E-state index in [4.69, 9.17) is 0 Å². The second-order valence-corrected chi connectivity index (χ2v) is 6.12. The van der Waals surface area contributed by atoms with Crippen molar-refractivity contribution < 1.29 is 8.78 Å². The molecule has 0 spiro atoms. The van der Waals surface area contributed by atoms with E-state index in [2.05, 4.69) is 24.1 Å². The van der Waals surface area contributed by atoms with Crippen LogP contribution in [0.3, 0.4) is 0 Å². The average molecular weight is 260 g/mol. The molecule has 3 atom stereocenters. The Morgan fingerprint density at radius 2 is 2.22 bits per heavy atom. The smallest absolute Gasteiger partial charge is 0.248 e. The van der Waals surface area contributed by atoms with Crippen molar-refractivity contribution in [2.45, 2.75) is 51.5 Å². The van der Waals surface area contributed by atoms with Crippen LogP contribution < -0.4 is 5.32 Å². The van der Waals surface area contributed by atoms with Crippen molar-refractivity contribution in [3.05, 3.63) is 0 Å². The van der Waals surface area contributed by atoms with Gasteiger partial charge in [0.1, 0.15) is 0 Å². The molecule has 0 aromatic carbocycles. The van der Waals surface area contributed by atoms with Crippen LogP contribution >= 0.6 is 0 Å². The summed E-state index contributed by atoms with van der Waals surface area (Å²) < 4.78 is 26.5. The van der Waals surface area contributed by atoms with Gasteiger partial charge in [0.25, 0.3) is 0 Å². The lowest BCUT2D eigenvalue weighted by Crippen LogP contribution is -2.55. The SMILES string of the molecule is CCC(C)C1CNCCN1CC1CCC(F)(F)C1. The van der Waals surface area contributed by atoms with Gasteiger partial charge in [-0.05, 0) is 18.3 Å². The maximum absolute atomic E-state index is 13.2. The summed E-state index contributed by atoms with van der Waals surface area (Å²) in [5, 5.41) is 3.43. The molecule has 2 rings (SSSR count). The second kappa shape index (κ2) is 5.83. The number of hydrogen-bond acceptors (Lipinski definition) is 2. The van der Waals surface area contributed by atoms with Gasteiger partial charge >= 0.3 is 0 Å². The molecule has 106 valence electrons. The number of nitrogens with zero attached hydrogens (tertiary/aromatic N) is 1. The van der Waals surface area contributed by atoms with E-state index < -0.39 is 5.92 Å². The molecule has 4 heteroatoms. The monoisotopic (exact) mass is 260 g/mol. The van der Waals surface area contributed by atoms with Crippen LogP contribution in [0.25, 0.3) is 0 Å². The molecule has 2 fully saturated rings. The first-order valence-electron chi connectivity index (χ1n) is 7.34. The third-order valence-electron chi connectivity index (χ3n) is 4.70. The zero-order valence-corrected chi connectivity index (χ0v) is 11.6. The van der Waals surface area contributed by atoms with Crippen LogP contribution in [0.4, 0.5) is 8.78 Å². The molecule has 1 N–H and O–H groups in total. The third kappa shape index (κ3) is 3.41. The van der Waals surface area contributed by atoms with Gasteiger partial charge in [-0.25, -0.2) is 8.78 Å². The molecule has 2 aliphatic rings. The molecule has 3 unspecified atom stereocenters. The van der Waals surface area contributed by atoms with Crippen LogP contribution in [0.1, 0.15) is 39.5 Å². The minimum Gasteiger partial charge on any atom is -0.314 e. The van der Waals surface area contributed by atoms with Crippen LogP contribution in [0, 0.1) is 11.8 Å². The van der Waals surface area contributed by atoms with Crippen molar-refractivity contribution in [2.24, 2.45) is 11.8 Å². The molecule has 0 amide bonds. The average Bonchev–Trinajstić information content (AvgIpc) is 2.68. The van der Waals surface area contributed by atoms with Gasteiger partial charge in [-0.15, -0.1) is 0 Å². The lowest BCUT2D eigenvalue weighted by Gasteiger charge is -2.40. The highest BCUT2D eigenvalue weighted by atomic mass is 19.3. The molecule has 0 aromatic rings. The highest BCUT2D eigenvalue weighted by molar-refractivity contribution is 4.88. The van der Waals surface area contributed by atoms with E-state index in [1.165, 1.54) is 0 Å². The molecule has 0 aromatic heterocycles. The molecule has 2 nitrogen and oxygen atoms in total. The van der Waals surface area contributed by atoms with Crippen molar-refractivity contribution in [3.63, 3.8) is 0 Å². The Labute approximate surface area is 109 Å². The van der Waals surface area contributed by atoms with E-state index in [1.807, 2.05) is 0 Å². The molecule has 1 aliphatic carbocycles. The van der Waals surface area contributed by atoms with E-state index in [9.17, 15) is 8.78 Å². The summed E-state index contributed by atoms with van der Waals surface area (Å²) in [5.41, 5.74) is 0. The molecular formula is C14H26F2N2. The van der Waals surface area contributed by atoms with Crippen molar-refractivity contribution in [3.8, 4) is 0 Å². The first-order valence-corrected chi connectivity index (χ1v) is 7.34. The molecule has 0 bridgehead atoms. The molecule has 1 heterocycles. The van der Waals surface area contributed by atoms with E-state index in [0.717, 1.165) is 32.6 Å². The zero-order valence-electron chi connectivity index (χ0n) is 11.6. The summed E-state index contributed by atoms with van der Waals surface area (Å²) in [4.78, 5) is 2.46. The number of piperazine rings is 1. The summed E-state index contributed by atoms with van der Waals surface area (Å²) in [5.74, 6) is -1.56. The second-order valence-electron chi connectivity index (χ2n) is 6.12. The quantitative estimate of drug-likeness (QED) is 0.836. The minimum atomic E-state index is -2.40. The fourth-order valence-electron chi connectivity index (χ4n) is 3.36. The fourth-order valence-corrected chi connectivity index (χ4v) is 3.36. The Morgan fingerprint density at radius 3 is 2.83 bits per heavy atom. The highest BCUT2D eigenvalue weighted by Crippen LogP contribution is 2.39. The predicted molar refractivity (Wildman–Crippen MR) is 70.0 cm³/mol. The summed E-state index contributed by atoms with van der Waals surface area (Å²) in [6.45, 7) is 8.37. The maximum atomic E-state index is 13.2. The number of hydrogen-bond donors (Lipinski definition) is 1. The number of nitrogens with one attached hydrogen (secondary N) is 1. The topological polar surface area (TPSA) is 15.3 Å². The normalized spacial score (nSPS) is 34.7. The van der Waals surface area contributed by atoms with E-state index >= 15 is 0 Å². The van der Waals surface area contributed by atoms with Crippen LogP contribution in [0.15, 0.2) is 0 Å².